The summed E-state index contributed by atoms with van der Waals surface area (Å²) >= 11 is 0. The van der Waals surface area contributed by atoms with Gasteiger partial charge in [-0.3, -0.25) is 33.3 Å². The van der Waals surface area contributed by atoms with Crippen LogP contribution < -0.4 is 10.6 Å². The molecule has 8 atom stereocenters. The van der Waals surface area contributed by atoms with Crippen LogP contribution in [-0.4, -0.2) is 143 Å². The summed E-state index contributed by atoms with van der Waals surface area (Å²) in [7, 11) is -5.56. The molecule has 117 heavy (non-hydrogen) atoms. The number of ether oxygens (including phenoxy) is 6. The van der Waals surface area contributed by atoms with Crippen LogP contribution in [0.25, 0.3) is 0 Å². The normalized spacial score (nSPS) is 16.6. The van der Waals surface area contributed by atoms with Crippen molar-refractivity contribution < 1.29 is 91.4 Å². The summed E-state index contributed by atoms with van der Waals surface area (Å²) in [5, 5.41) is 39.3. The van der Waals surface area contributed by atoms with Crippen molar-refractivity contribution >= 4 is 43.5 Å². The molecule has 1 aliphatic rings. The molecule has 0 saturated carbocycles. The maximum atomic E-state index is 15.0. The van der Waals surface area contributed by atoms with Gasteiger partial charge in [0, 0.05) is 25.8 Å². The fraction of sp³-hybridized carbons (Fsp3) is 0.937. The molecule has 7 N–H and O–H groups in total. The van der Waals surface area contributed by atoms with Gasteiger partial charge < -0.3 is 64.2 Å². The predicted octanol–water partition coefficient (Wildman–Crippen LogP) is 23.5. The smallest absolute Gasteiger partial charge is 0.462 e. The summed E-state index contributed by atoms with van der Waals surface area (Å²) in [6.45, 7) is 9.69. The number of amides is 2. The van der Waals surface area contributed by atoms with E-state index < -0.39 is 131 Å². The molecule has 0 aliphatic carbocycles. The molecule has 0 radical (unpaired) electrons. The van der Waals surface area contributed by atoms with E-state index in [0.717, 1.165) is 180 Å². The molecule has 1 heterocycles. The highest BCUT2D eigenvalue weighted by Crippen LogP contribution is 2.43. The van der Waals surface area contributed by atoms with Crippen molar-refractivity contribution in [1.82, 2.24) is 10.6 Å². The zero-order chi connectivity index (χ0) is 85.8. The van der Waals surface area contributed by atoms with Crippen LogP contribution in [-0.2, 0) is 66.3 Å². The van der Waals surface area contributed by atoms with Crippen molar-refractivity contribution in [1.29, 1.82) is 0 Å². The van der Waals surface area contributed by atoms with Gasteiger partial charge >= 0.3 is 31.7 Å². The number of carbonyl (C=O) groups is 6. The highest BCUT2D eigenvalue weighted by molar-refractivity contribution is 7.46. The maximum Gasteiger partial charge on any atom is 0.470 e. The molecule has 22 heteroatoms. The van der Waals surface area contributed by atoms with Crippen LogP contribution >= 0.6 is 7.82 Å². The van der Waals surface area contributed by atoms with E-state index in [1.807, 2.05) is 0 Å². The number of carbonyl (C=O) groups excluding carboxylic acids is 6. The number of phosphoric ester groups is 1. The first-order valence-electron chi connectivity index (χ1n) is 49.0. The molecular weight excluding hydrogens is 1500 g/mol. The van der Waals surface area contributed by atoms with Gasteiger partial charge in [-0.25, -0.2) is 4.57 Å². The van der Waals surface area contributed by atoms with Gasteiger partial charge in [0.2, 0.25) is 11.8 Å². The molecule has 1 fully saturated rings. The largest absolute Gasteiger partial charge is 0.470 e. The lowest BCUT2D eigenvalue weighted by Gasteiger charge is -2.46. The second-order valence-corrected chi connectivity index (χ2v) is 36.1. The van der Waals surface area contributed by atoms with E-state index in [1.54, 1.807) is 0 Å². The average Bonchev–Trinajstić information content (AvgIpc) is 0.777. The van der Waals surface area contributed by atoms with Gasteiger partial charge in [0.1, 0.15) is 36.6 Å². The van der Waals surface area contributed by atoms with E-state index in [0.29, 0.717) is 51.4 Å². The van der Waals surface area contributed by atoms with E-state index in [9.17, 15) is 53.6 Å². The van der Waals surface area contributed by atoms with Gasteiger partial charge in [0.05, 0.1) is 51.1 Å². The van der Waals surface area contributed by atoms with Crippen LogP contribution in [0.4, 0.5) is 0 Å². The summed E-state index contributed by atoms with van der Waals surface area (Å²) < 4.78 is 56.0. The summed E-state index contributed by atoms with van der Waals surface area (Å²) in [5.74, 6) is -3.55. The molecule has 0 aromatic heterocycles. The number of esters is 4. The topological polar surface area (TPSA) is 309 Å². The Kier molecular flexibility index (Phi) is 75.2. The number of hydrogen-bond donors (Lipinski definition) is 7. The standard InChI is InChI=1S/C95H181N2O19P/c1-7-13-19-25-31-37-40-46-52-58-64-70-87(103)111-81(67-61-55-49-43-34-28-22-16-10-4)73-85(101)96-77-95(78-99,79-100)80-110-94-91(97-86(102)74-82(68-62-56-50-44-35-29-23-17-11-5)112-88(104)71-65-59-53-47-41-38-32-26-20-14-8-2)93(92(84(76-98)114-94)116-117(107,108)109)115-90(106)75-83(69-63-57-51-45-36-30-24-18-12-6)113-89(105)72-66-60-54-48-42-39-33-27-21-15-9-3/h81-84,91-94,98-100H,7-80H2,1-6H3,(H,96,101)(H,97,102)(H2,107,108,109)/t81-,82-,83-,84?,91?,92-,93-,94-/m1/s1. The molecule has 0 aromatic rings. The van der Waals surface area contributed by atoms with Crippen molar-refractivity contribution in [3.8, 4) is 0 Å². The van der Waals surface area contributed by atoms with Crippen molar-refractivity contribution in [2.24, 2.45) is 5.41 Å². The molecular formula is C95H181N2O19P. The van der Waals surface area contributed by atoms with Gasteiger partial charge in [0.25, 0.3) is 0 Å². The minimum Gasteiger partial charge on any atom is -0.462 e. The molecule has 1 aliphatic heterocycles. The molecule has 0 bridgehead atoms. The van der Waals surface area contributed by atoms with E-state index in [4.69, 9.17) is 32.9 Å². The second kappa shape index (κ2) is 78.7. The van der Waals surface area contributed by atoms with Gasteiger partial charge in [-0.1, -0.05) is 388 Å². The molecule has 0 spiro atoms. The number of unbranched alkanes of at least 4 members (excludes halogenated alkanes) is 54. The Morgan fingerprint density at radius 1 is 0.359 bits per heavy atom. The lowest BCUT2D eigenvalue weighted by molar-refractivity contribution is -0.278. The highest BCUT2D eigenvalue weighted by atomic mass is 31.2. The van der Waals surface area contributed by atoms with Gasteiger partial charge in [0.15, 0.2) is 12.4 Å². The van der Waals surface area contributed by atoms with Crippen molar-refractivity contribution in [2.45, 2.75) is 534 Å². The van der Waals surface area contributed by atoms with E-state index in [1.165, 1.54) is 173 Å². The Bertz CT molecular complexity index is 2380. The van der Waals surface area contributed by atoms with E-state index in [-0.39, 0.29) is 38.2 Å². The third kappa shape index (κ3) is 65.1. The quantitative estimate of drug-likeness (QED) is 0.0129. The second-order valence-electron chi connectivity index (χ2n) is 34.9. The molecule has 2 unspecified atom stereocenters. The highest BCUT2D eigenvalue weighted by Gasteiger charge is 2.53. The number of nitrogens with one attached hydrogen (secondary N) is 2. The fourth-order valence-corrected chi connectivity index (χ4v) is 16.5. The van der Waals surface area contributed by atoms with Crippen LogP contribution in [0.15, 0.2) is 0 Å². The van der Waals surface area contributed by atoms with E-state index >= 15 is 4.79 Å². The molecule has 1 rings (SSSR count). The SMILES string of the molecule is CCCCCCCCCCCCCC(=O)O[C@H](CCCCCCCCCCC)CC(=O)NCC(CO)(CO)CO[C@@H]1OC(CO)[C@@H](OP(=O)(O)O)[C@H](OC(=O)C[C@@H](CCCCCCCCCCC)OC(=O)CCCCCCCCCCCCC)C1NC(=O)C[C@@H](CCCCCCCCCCC)OC(=O)CCCCCCCCCCCCC. The Labute approximate surface area is 713 Å². The predicted molar refractivity (Wildman–Crippen MR) is 472 cm³/mol. The Balaban J connectivity index is 3.84. The van der Waals surface area contributed by atoms with Gasteiger partial charge in [-0.05, 0) is 57.8 Å². The van der Waals surface area contributed by atoms with Crippen molar-refractivity contribution in [3.63, 3.8) is 0 Å². The van der Waals surface area contributed by atoms with Crippen molar-refractivity contribution in [3.05, 3.63) is 0 Å². The average molecular weight is 1690 g/mol. The van der Waals surface area contributed by atoms with Gasteiger partial charge in [-0.2, -0.15) is 0 Å². The Hall–Kier alpha value is -3.27. The first kappa shape index (κ1) is 112. The summed E-state index contributed by atoms with van der Waals surface area (Å²) in [6, 6.07) is -1.73. The summed E-state index contributed by atoms with van der Waals surface area (Å²) in [4.78, 5) is 106. The molecule has 21 nitrogen and oxygen atoms in total. The van der Waals surface area contributed by atoms with Crippen LogP contribution in [0.3, 0.4) is 0 Å². The van der Waals surface area contributed by atoms with Crippen molar-refractivity contribution in [2.75, 3.05) is 33.0 Å². The third-order valence-corrected chi connectivity index (χ3v) is 24.0. The number of hydrogen-bond acceptors (Lipinski definition) is 17. The Morgan fingerprint density at radius 3 is 0.915 bits per heavy atom. The monoisotopic (exact) mass is 1690 g/mol. The van der Waals surface area contributed by atoms with Crippen LogP contribution in [0, 0.1) is 5.41 Å². The Morgan fingerprint density at radius 2 is 0.632 bits per heavy atom. The number of aliphatic hydroxyl groups is 3. The first-order valence-corrected chi connectivity index (χ1v) is 50.6. The number of rotatable bonds is 87. The zero-order valence-electron chi connectivity index (χ0n) is 75.8. The van der Waals surface area contributed by atoms with Crippen LogP contribution in [0.5, 0.6) is 0 Å². The summed E-state index contributed by atoms with van der Waals surface area (Å²) in [5.41, 5.74) is -1.69. The third-order valence-electron chi connectivity index (χ3n) is 23.5. The molecule has 690 valence electrons. The van der Waals surface area contributed by atoms with Gasteiger partial charge in [-0.15, -0.1) is 0 Å². The fourth-order valence-electron chi connectivity index (χ4n) is 15.9. The number of aliphatic hydroxyl groups excluding tert-OH is 3. The maximum absolute atomic E-state index is 15.0. The van der Waals surface area contributed by atoms with Crippen LogP contribution in [0.1, 0.15) is 485 Å². The lowest BCUT2D eigenvalue weighted by atomic mass is 9.90. The first-order chi connectivity index (χ1) is 56.9. The number of phosphoric acid groups is 1. The van der Waals surface area contributed by atoms with E-state index in [2.05, 4.69) is 52.2 Å². The molecule has 0 aromatic carbocycles. The molecule has 2 amide bonds. The molecule has 1 saturated heterocycles. The minimum absolute atomic E-state index is 0.139. The van der Waals surface area contributed by atoms with Crippen LogP contribution in [0.2, 0.25) is 0 Å². The lowest BCUT2D eigenvalue weighted by Crippen LogP contribution is -2.67. The minimum atomic E-state index is -5.56. The zero-order valence-corrected chi connectivity index (χ0v) is 76.7. The summed E-state index contributed by atoms with van der Waals surface area (Å²) in [6.07, 6.45) is 55.4.